The van der Waals surface area contributed by atoms with Gasteiger partial charge in [-0.15, -0.1) is 0 Å². The van der Waals surface area contributed by atoms with Crippen LogP contribution >= 0.6 is 0 Å². The van der Waals surface area contributed by atoms with Crippen LogP contribution in [0, 0.1) is 0 Å². The summed E-state index contributed by atoms with van der Waals surface area (Å²) in [5.74, 6) is 1.80. The molecule has 0 fully saturated rings. The van der Waals surface area contributed by atoms with Gasteiger partial charge in [-0.3, -0.25) is 0 Å². The number of fused-ring (bicyclic) bond motifs is 2. The Morgan fingerprint density at radius 2 is 0.903 bits per heavy atom. The van der Waals surface area contributed by atoms with Gasteiger partial charge >= 0.3 is 0 Å². The average Bonchev–Trinajstić information content (AvgIpc) is 2.84. The zero-order chi connectivity index (χ0) is 20.9. The molecule has 2 nitrogen and oxygen atoms in total. The number of hydrogen-bond acceptors (Lipinski definition) is 2. The van der Waals surface area contributed by atoms with Gasteiger partial charge in [-0.25, -0.2) is 0 Å². The number of benzene rings is 4. The molecule has 2 heteroatoms. The molecule has 5 rings (SSSR count). The molecular weight excluding hydrogens is 380 g/mol. The maximum Gasteiger partial charge on any atom is 0.127 e. The summed E-state index contributed by atoms with van der Waals surface area (Å²) in [6.45, 7) is 1.25. The van der Waals surface area contributed by atoms with Gasteiger partial charge in [0.2, 0.25) is 0 Å². The standard InChI is InChI=1S/C29H24O2/c1-3-12-22(13-4-1)28(23-14-5-2-6-15-23)29-24-16-7-9-18-26(24)30-20-11-21-31-27-19-10-8-17-25(27)29/h1-10,12-19H,11,20-21H2. The summed E-state index contributed by atoms with van der Waals surface area (Å²) in [5.41, 5.74) is 6.74. The van der Waals surface area contributed by atoms with E-state index >= 15 is 0 Å². The fraction of sp³-hybridized carbons (Fsp3) is 0.103. The first-order chi connectivity index (χ1) is 15.4. The minimum absolute atomic E-state index is 0.623. The Hall–Kier alpha value is -3.78. The highest BCUT2D eigenvalue weighted by Crippen LogP contribution is 2.43. The molecule has 0 amide bonds. The van der Waals surface area contributed by atoms with Crippen molar-refractivity contribution >= 4 is 11.1 Å². The second-order valence-electron chi connectivity index (χ2n) is 7.52. The molecule has 0 atom stereocenters. The van der Waals surface area contributed by atoms with E-state index in [2.05, 4.69) is 97.1 Å². The van der Waals surface area contributed by atoms with Crippen LogP contribution in [0.25, 0.3) is 11.1 Å². The van der Waals surface area contributed by atoms with Crippen LogP contribution in [-0.4, -0.2) is 13.2 Å². The summed E-state index contributed by atoms with van der Waals surface area (Å²) >= 11 is 0. The van der Waals surface area contributed by atoms with Crippen LogP contribution in [-0.2, 0) is 0 Å². The van der Waals surface area contributed by atoms with Crippen LogP contribution in [0.1, 0.15) is 28.7 Å². The Balaban J connectivity index is 1.92. The normalized spacial score (nSPS) is 13.2. The van der Waals surface area contributed by atoms with Crippen molar-refractivity contribution in [3.05, 3.63) is 131 Å². The largest absolute Gasteiger partial charge is 0.493 e. The lowest BCUT2D eigenvalue weighted by Gasteiger charge is -2.23. The van der Waals surface area contributed by atoms with Crippen molar-refractivity contribution in [3.8, 4) is 11.5 Å². The molecule has 0 bridgehead atoms. The highest BCUT2D eigenvalue weighted by Gasteiger charge is 2.22. The molecule has 4 aromatic carbocycles. The Bertz CT molecular complexity index is 1100. The van der Waals surface area contributed by atoms with Gasteiger partial charge in [0.05, 0.1) is 13.2 Å². The van der Waals surface area contributed by atoms with Gasteiger partial charge in [-0.1, -0.05) is 97.1 Å². The molecule has 0 N–H and O–H groups in total. The monoisotopic (exact) mass is 404 g/mol. The summed E-state index contributed by atoms with van der Waals surface area (Å²) in [4.78, 5) is 0. The summed E-state index contributed by atoms with van der Waals surface area (Å²) < 4.78 is 12.4. The third-order valence-corrected chi connectivity index (χ3v) is 5.49. The van der Waals surface area contributed by atoms with Gasteiger partial charge in [0.15, 0.2) is 0 Å². The van der Waals surface area contributed by atoms with Crippen LogP contribution in [0.2, 0.25) is 0 Å². The first-order valence-corrected chi connectivity index (χ1v) is 10.7. The van der Waals surface area contributed by atoms with E-state index < -0.39 is 0 Å². The third kappa shape index (κ3) is 3.97. The number of ether oxygens (including phenoxy) is 2. The lowest BCUT2D eigenvalue weighted by Crippen LogP contribution is -2.10. The predicted octanol–water partition coefficient (Wildman–Crippen LogP) is 6.86. The minimum Gasteiger partial charge on any atom is -0.493 e. The fourth-order valence-electron chi connectivity index (χ4n) is 4.10. The first-order valence-electron chi connectivity index (χ1n) is 10.7. The molecule has 152 valence electrons. The Morgan fingerprint density at radius 1 is 0.484 bits per heavy atom. The third-order valence-electron chi connectivity index (χ3n) is 5.49. The summed E-state index contributed by atoms with van der Waals surface area (Å²) in [6, 6.07) is 37.8. The molecule has 0 unspecified atom stereocenters. The van der Waals surface area contributed by atoms with Gasteiger partial charge in [-0.2, -0.15) is 0 Å². The predicted molar refractivity (Wildman–Crippen MR) is 126 cm³/mol. The van der Waals surface area contributed by atoms with E-state index in [9.17, 15) is 0 Å². The summed E-state index contributed by atoms with van der Waals surface area (Å²) in [6.07, 6.45) is 0.839. The minimum atomic E-state index is 0.623. The Kier molecular flexibility index (Phi) is 5.53. The van der Waals surface area contributed by atoms with E-state index in [0.29, 0.717) is 13.2 Å². The molecule has 0 spiro atoms. The number of hydrogen-bond donors (Lipinski definition) is 0. The molecular formula is C29H24O2. The highest BCUT2D eigenvalue weighted by molar-refractivity contribution is 6.06. The van der Waals surface area contributed by atoms with Crippen molar-refractivity contribution in [2.75, 3.05) is 13.2 Å². The molecule has 31 heavy (non-hydrogen) atoms. The fourth-order valence-corrected chi connectivity index (χ4v) is 4.10. The maximum absolute atomic E-state index is 6.22. The molecule has 1 aliphatic heterocycles. The van der Waals surface area contributed by atoms with Crippen LogP contribution < -0.4 is 9.47 Å². The number of rotatable bonds is 2. The molecule has 0 saturated heterocycles. The van der Waals surface area contributed by atoms with Crippen molar-refractivity contribution < 1.29 is 9.47 Å². The van der Waals surface area contributed by atoms with Gasteiger partial charge < -0.3 is 9.47 Å². The molecule has 0 aliphatic carbocycles. The van der Waals surface area contributed by atoms with Crippen LogP contribution in [0.4, 0.5) is 0 Å². The zero-order valence-electron chi connectivity index (χ0n) is 17.3. The second kappa shape index (κ2) is 8.93. The molecule has 0 aromatic heterocycles. The van der Waals surface area contributed by atoms with Gasteiger partial charge in [-0.05, 0) is 28.8 Å². The highest BCUT2D eigenvalue weighted by atomic mass is 16.5. The molecule has 1 heterocycles. The van der Waals surface area contributed by atoms with Crippen molar-refractivity contribution in [1.29, 1.82) is 0 Å². The van der Waals surface area contributed by atoms with Crippen molar-refractivity contribution in [2.45, 2.75) is 6.42 Å². The smallest absolute Gasteiger partial charge is 0.127 e. The van der Waals surface area contributed by atoms with Crippen LogP contribution in [0.15, 0.2) is 109 Å². The Labute approximate surface area is 183 Å². The zero-order valence-corrected chi connectivity index (χ0v) is 17.3. The van der Waals surface area contributed by atoms with E-state index in [1.54, 1.807) is 0 Å². The Morgan fingerprint density at radius 3 is 1.39 bits per heavy atom. The van der Waals surface area contributed by atoms with Crippen LogP contribution in [0.5, 0.6) is 11.5 Å². The van der Waals surface area contributed by atoms with E-state index in [-0.39, 0.29) is 0 Å². The van der Waals surface area contributed by atoms with Crippen molar-refractivity contribution in [3.63, 3.8) is 0 Å². The second-order valence-corrected chi connectivity index (χ2v) is 7.52. The summed E-state index contributed by atoms with van der Waals surface area (Å²) in [7, 11) is 0. The average molecular weight is 405 g/mol. The molecule has 1 aliphatic rings. The lowest BCUT2D eigenvalue weighted by atomic mass is 9.85. The van der Waals surface area contributed by atoms with Gasteiger partial charge in [0.1, 0.15) is 11.5 Å². The SMILES string of the molecule is c1ccc(C(=C2c3ccccc3OCCCOc3ccccc32)c2ccccc2)cc1. The van der Waals surface area contributed by atoms with Gasteiger partial charge in [0, 0.05) is 23.1 Å². The van der Waals surface area contributed by atoms with E-state index in [1.165, 1.54) is 0 Å². The molecule has 0 radical (unpaired) electrons. The maximum atomic E-state index is 6.22. The van der Waals surface area contributed by atoms with E-state index in [4.69, 9.17) is 9.47 Å². The molecule has 4 aromatic rings. The van der Waals surface area contributed by atoms with Gasteiger partial charge in [0.25, 0.3) is 0 Å². The van der Waals surface area contributed by atoms with Crippen molar-refractivity contribution in [1.82, 2.24) is 0 Å². The summed E-state index contributed by atoms with van der Waals surface area (Å²) in [5, 5.41) is 0. The van der Waals surface area contributed by atoms with Crippen LogP contribution in [0.3, 0.4) is 0 Å². The van der Waals surface area contributed by atoms with E-state index in [0.717, 1.165) is 51.3 Å². The molecule has 0 saturated carbocycles. The topological polar surface area (TPSA) is 18.5 Å². The first kappa shape index (κ1) is 19.2. The lowest BCUT2D eigenvalue weighted by molar-refractivity contribution is 0.245. The van der Waals surface area contributed by atoms with E-state index in [1.807, 2.05) is 12.1 Å². The van der Waals surface area contributed by atoms with Crippen molar-refractivity contribution in [2.24, 2.45) is 0 Å². The quantitative estimate of drug-likeness (QED) is 0.363. The number of para-hydroxylation sites is 2.